The lowest BCUT2D eigenvalue weighted by Gasteiger charge is -2.26. The van der Waals surface area contributed by atoms with E-state index in [2.05, 4.69) is 11.1 Å². The predicted octanol–water partition coefficient (Wildman–Crippen LogP) is 3.89. The maximum absolute atomic E-state index is 13.0. The summed E-state index contributed by atoms with van der Waals surface area (Å²) in [5, 5.41) is 0.981. The molecule has 3 aromatic rings. The van der Waals surface area contributed by atoms with Gasteiger partial charge in [-0.3, -0.25) is 9.78 Å². The molecule has 28 heavy (non-hydrogen) atoms. The molecule has 0 radical (unpaired) electrons. The van der Waals surface area contributed by atoms with Gasteiger partial charge in [0.1, 0.15) is 5.75 Å². The molecular weight excluding hydrogens is 397 g/mol. The summed E-state index contributed by atoms with van der Waals surface area (Å²) in [5.74, 6) is 0.615. The van der Waals surface area contributed by atoms with Crippen LogP contribution in [-0.4, -0.2) is 24.0 Å². The van der Waals surface area contributed by atoms with Crippen molar-refractivity contribution in [1.29, 1.82) is 0 Å². The third-order valence-electron chi connectivity index (χ3n) is 4.97. The molecule has 1 amide bonds. The number of para-hydroxylation sites is 2. The van der Waals surface area contributed by atoms with Crippen LogP contribution < -0.4 is 15.4 Å². The van der Waals surface area contributed by atoms with Gasteiger partial charge in [0.2, 0.25) is 5.91 Å². The van der Waals surface area contributed by atoms with Crippen LogP contribution in [0.1, 0.15) is 17.5 Å². The number of carbonyl (C=O) groups is 1. The van der Waals surface area contributed by atoms with Crippen LogP contribution in [0.3, 0.4) is 0 Å². The number of aryl methyl sites for hydroxylation is 1. The smallest absolute Gasteiger partial charge is 0.244 e. The molecule has 4 rings (SSSR count). The number of ether oxygens (including phenoxy) is 1. The van der Waals surface area contributed by atoms with E-state index in [4.69, 9.17) is 10.5 Å². The first kappa shape index (κ1) is 22.0. The molecule has 1 aromatic heterocycles. The fraction of sp³-hybridized carbons (Fsp3) is 0.238. The number of pyridine rings is 1. The van der Waals surface area contributed by atoms with Crippen LogP contribution in [0.25, 0.3) is 10.9 Å². The Bertz CT molecular complexity index is 981. The summed E-state index contributed by atoms with van der Waals surface area (Å²) >= 11 is 0. The molecule has 0 spiro atoms. The molecule has 7 heteroatoms. The van der Waals surface area contributed by atoms with Crippen molar-refractivity contribution < 1.29 is 9.53 Å². The van der Waals surface area contributed by atoms with E-state index in [0.717, 1.165) is 34.1 Å². The van der Waals surface area contributed by atoms with Crippen LogP contribution in [0.15, 0.2) is 54.7 Å². The number of methoxy groups -OCH3 is 1. The summed E-state index contributed by atoms with van der Waals surface area (Å²) in [6.45, 7) is 0.399. The van der Waals surface area contributed by atoms with E-state index in [1.165, 1.54) is 0 Å². The van der Waals surface area contributed by atoms with Crippen molar-refractivity contribution in [3.63, 3.8) is 0 Å². The van der Waals surface area contributed by atoms with E-state index in [1.807, 2.05) is 42.5 Å². The van der Waals surface area contributed by atoms with E-state index in [1.54, 1.807) is 18.2 Å². The third kappa shape index (κ3) is 3.92. The summed E-state index contributed by atoms with van der Waals surface area (Å²) in [7, 11) is 1.62. The minimum absolute atomic E-state index is 0. The lowest BCUT2D eigenvalue weighted by Crippen LogP contribution is -2.42. The molecule has 0 saturated heterocycles. The molecule has 148 valence electrons. The third-order valence-corrected chi connectivity index (χ3v) is 4.97. The van der Waals surface area contributed by atoms with Gasteiger partial charge in [-0.25, -0.2) is 0 Å². The highest BCUT2D eigenvalue weighted by Crippen LogP contribution is 2.32. The highest BCUT2D eigenvalue weighted by Gasteiger charge is 2.29. The zero-order chi connectivity index (χ0) is 18.1. The van der Waals surface area contributed by atoms with Crippen molar-refractivity contribution >= 4 is 47.3 Å². The number of benzene rings is 2. The molecule has 0 saturated carbocycles. The van der Waals surface area contributed by atoms with Crippen molar-refractivity contribution in [2.24, 2.45) is 5.73 Å². The summed E-state index contributed by atoms with van der Waals surface area (Å²) in [5.41, 5.74) is 10.0. The molecule has 2 N–H and O–H groups in total. The number of nitrogens with two attached hydrogens (primary N) is 1. The first-order valence-electron chi connectivity index (χ1n) is 8.74. The van der Waals surface area contributed by atoms with Crippen LogP contribution in [0, 0.1) is 0 Å². The number of aromatic nitrogens is 1. The highest BCUT2D eigenvalue weighted by molar-refractivity contribution is 5.99. The molecule has 1 aliphatic heterocycles. The SMILES string of the molecule is COc1cnc2ccccc2c1CN1C(=O)[C@@H](N)CCc2ccccc21.Cl.Cl. The van der Waals surface area contributed by atoms with Gasteiger partial charge in [0.25, 0.3) is 0 Å². The maximum Gasteiger partial charge on any atom is 0.244 e. The molecule has 2 aromatic carbocycles. The molecule has 2 heterocycles. The maximum atomic E-state index is 13.0. The van der Waals surface area contributed by atoms with Gasteiger partial charge < -0.3 is 15.4 Å². The molecule has 1 aliphatic rings. The standard InChI is InChI=1S/C21H21N3O2.2ClH/c1-26-20-12-23-18-8-4-3-7-15(18)16(20)13-24-19-9-5-2-6-14(19)10-11-17(22)21(24)25;;/h2-9,12,17H,10-11,13,22H2,1H3;2*1H/t17-;;/m0../s1. The summed E-state index contributed by atoms with van der Waals surface area (Å²) in [6, 6.07) is 15.4. The van der Waals surface area contributed by atoms with Gasteiger partial charge in [-0.2, -0.15) is 0 Å². The number of amides is 1. The van der Waals surface area contributed by atoms with Crippen LogP contribution in [0.2, 0.25) is 0 Å². The Kier molecular flexibility index (Phi) is 7.24. The number of nitrogens with zero attached hydrogens (tertiary/aromatic N) is 2. The Balaban J connectivity index is 0.00000140. The quantitative estimate of drug-likeness (QED) is 0.698. The molecular formula is C21H23Cl2N3O2. The van der Waals surface area contributed by atoms with Gasteiger partial charge in [-0.05, 0) is 30.5 Å². The van der Waals surface area contributed by atoms with Crippen LogP contribution in [-0.2, 0) is 17.8 Å². The average molecular weight is 420 g/mol. The number of anilines is 1. The Morgan fingerprint density at radius 1 is 1.14 bits per heavy atom. The average Bonchev–Trinajstić information content (AvgIpc) is 2.80. The molecule has 0 bridgehead atoms. The van der Waals surface area contributed by atoms with Gasteiger partial charge in [0.15, 0.2) is 0 Å². The molecule has 0 aliphatic carbocycles. The van der Waals surface area contributed by atoms with Gasteiger partial charge >= 0.3 is 0 Å². The molecule has 1 atom stereocenters. The Labute approximate surface area is 176 Å². The van der Waals surface area contributed by atoms with Gasteiger partial charge in [-0.1, -0.05) is 36.4 Å². The second-order valence-corrected chi connectivity index (χ2v) is 6.52. The van der Waals surface area contributed by atoms with Crippen molar-refractivity contribution in [2.45, 2.75) is 25.4 Å². The van der Waals surface area contributed by atoms with E-state index in [0.29, 0.717) is 18.7 Å². The van der Waals surface area contributed by atoms with Crippen molar-refractivity contribution in [3.05, 3.63) is 65.9 Å². The number of halogens is 2. The minimum Gasteiger partial charge on any atom is -0.495 e. The normalized spacial score (nSPS) is 15.9. The zero-order valence-corrected chi connectivity index (χ0v) is 17.1. The summed E-state index contributed by atoms with van der Waals surface area (Å²) in [4.78, 5) is 19.2. The number of hydrogen-bond donors (Lipinski definition) is 1. The fourth-order valence-corrected chi connectivity index (χ4v) is 3.58. The second-order valence-electron chi connectivity index (χ2n) is 6.52. The number of carbonyl (C=O) groups excluding carboxylic acids is 1. The first-order chi connectivity index (χ1) is 12.7. The van der Waals surface area contributed by atoms with Crippen molar-refractivity contribution in [3.8, 4) is 5.75 Å². The summed E-state index contributed by atoms with van der Waals surface area (Å²) < 4.78 is 5.54. The van der Waals surface area contributed by atoms with Gasteiger partial charge in [-0.15, -0.1) is 24.8 Å². The lowest BCUT2D eigenvalue weighted by molar-refractivity contribution is -0.120. The fourth-order valence-electron chi connectivity index (χ4n) is 3.58. The van der Waals surface area contributed by atoms with Gasteiger partial charge in [0.05, 0.1) is 31.4 Å². The van der Waals surface area contributed by atoms with Crippen LogP contribution in [0.4, 0.5) is 5.69 Å². The van der Waals surface area contributed by atoms with Crippen molar-refractivity contribution in [2.75, 3.05) is 12.0 Å². The Morgan fingerprint density at radius 2 is 1.86 bits per heavy atom. The monoisotopic (exact) mass is 419 g/mol. The number of rotatable bonds is 3. The summed E-state index contributed by atoms with van der Waals surface area (Å²) in [6.07, 6.45) is 3.17. The Hall–Kier alpha value is -2.34. The number of hydrogen-bond acceptors (Lipinski definition) is 4. The zero-order valence-electron chi connectivity index (χ0n) is 15.5. The minimum atomic E-state index is -0.499. The van der Waals surface area contributed by atoms with Crippen molar-refractivity contribution in [1.82, 2.24) is 4.98 Å². The first-order valence-corrected chi connectivity index (χ1v) is 8.74. The van der Waals surface area contributed by atoms with E-state index >= 15 is 0 Å². The Morgan fingerprint density at radius 3 is 2.64 bits per heavy atom. The van der Waals surface area contributed by atoms with Crippen LogP contribution >= 0.6 is 24.8 Å². The second kappa shape index (κ2) is 9.24. The van der Waals surface area contributed by atoms with E-state index in [9.17, 15) is 4.79 Å². The van der Waals surface area contributed by atoms with Gasteiger partial charge in [0, 0.05) is 16.6 Å². The molecule has 0 fully saturated rings. The van der Waals surface area contributed by atoms with Crippen LogP contribution in [0.5, 0.6) is 5.75 Å². The topological polar surface area (TPSA) is 68.5 Å². The largest absolute Gasteiger partial charge is 0.495 e. The lowest BCUT2D eigenvalue weighted by atomic mass is 10.1. The molecule has 5 nitrogen and oxygen atoms in total. The highest BCUT2D eigenvalue weighted by atomic mass is 35.5. The number of fused-ring (bicyclic) bond motifs is 2. The van der Waals surface area contributed by atoms with E-state index in [-0.39, 0.29) is 30.7 Å². The molecule has 0 unspecified atom stereocenters. The van der Waals surface area contributed by atoms with E-state index < -0.39 is 6.04 Å². The predicted molar refractivity (Wildman–Crippen MR) is 117 cm³/mol.